The van der Waals surface area contributed by atoms with E-state index in [2.05, 4.69) is 0 Å². The Morgan fingerprint density at radius 2 is 1.53 bits per heavy atom. The molecule has 0 aliphatic rings. The number of hydrogen-bond donors (Lipinski definition) is 0. The molecule has 0 amide bonds. The van der Waals surface area contributed by atoms with Crippen molar-refractivity contribution in [1.29, 1.82) is 0 Å². The lowest BCUT2D eigenvalue weighted by molar-refractivity contribution is -0.141. The number of rotatable bonds is 5. The van der Waals surface area contributed by atoms with E-state index >= 15 is 0 Å². The lowest BCUT2D eigenvalue weighted by Gasteiger charge is -2.05. The molecule has 2 aromatic carbocycles. The fourth-order valence-corrected chi connectivity index (χ4v) is 2.47. The van der Waals surface area contributed by atoms with Crippen molar-refractivity contribution >= 4 is 16.8 Å². The maximum Gasteiger partial charge on any atom is 0.319 e. The third-order valence-corrected chi connectivity index (χ3v) is 3.79. The van der Waals surface area contributed by atoms with Crippen LogP contribution < -0.4 is 0 Å². The molecule has 0 heterocycles. The minimum absolute atomic E-state index is 0.114. The van der Waals surface area contributed by atoms with Crippen molar-refractivity contribution in [2.45, 2.75) is 11.5 Å². The van der Waals surface area contributed by atoms with Gasteiger partial charge in [-0.25, -0.2) is 0 Å². The van der Waals surface area contributed by atoms with Crippen LogP contribution in [0.4, 0.5) is 0 Å². The van der Waals surface area contributed by atoms with Crippen LogP contribution in [0, 0.1) is 0 Å². The van der Waals surface area contributed by atoms with E-state index in [0.29, 0.717) is 4.90 Å². The summed E-state index contributed by atoms with van der Waals surface area (Å²) in [6.07, 6.45) is 0. The Kier molecular flexibility index (Phi) is 4.86. The molecule has 3 nitrogen and oxygen atoms in total. The zero-order chi connectivity index (χ0) is 13.5. The van der Waals surface area contributed by atoms with E-state index in [-0.39, 0.29) is 12.4 Å². The van der Waals surface area contributed by atoms with Gasteiger partial charge in [-0.15, -0.1) is 0 Å². The SMILES string of the molecule is O=C(CS(=O)c1ccccc1)OCc1ccccc1. The van der Waals surface area contributed by atoms with Crippen molar-refractivity contribution in [3.63, 3.8) is 0 Å². The molecule has 2 rings (SSSR count). The molecule has 1 unspecified atom stereocenters. The number of ether oxygens (including phenoxy) is 1. The molecule has 0 bridgehead atoms. The Morgan fingerprint density at radius 3 is 2.16 bits per heavy atom. The molecule has 4 heteroatoms. The average molecular weight is 274 g/mol. The second kappa shape index (κ2) is 6.85. The van der Waals surface area contributed by atoms with Crippen molar-refractivity contribution in [2.24, 2.45) is 0 Å². The van der Waals surface area contributed by atoms with Gasteiger partial charge in [0.1, 0.15) is 12.4 Å². The molecule has 1 atom stereocenters. The van der Waals surface area contributed by atoms with Crippen LogP contribution in [0.2, 0.25) is 0 Å². The lowest BCUT2D eigenvalue weighted by Crippen LogP contribution is -2.14. The van der Waals surface area contributed by atoms with E-state index in [1.54, 1.807) is 24.3 Å². The smallest absolute Gasteiger partial charge is 0.319 e. The normalized spacial score (nSPS) is 11.8. The molecule has 0 aliphatic carbocycles. The number of esters is 1. The maximum absolute atomic E-state index is 11.9. The standard InChI is InChI=1S/C15H14O3S/c16-15(18-11-13-7-3-1-4-8-13)12-19(17)14-9-5-2-6-10-14/h1-10H,11-12H2. The number of benzene rings is 2. The molecular weight excluding hydrogens is 260 g/mol. The van der Waals surface area contributed by atoms with Gasteiger partial charge in [0.15, 0.2) is 0 Å². The molecule has 98 valence electrons. The third kappa shape index (κ3) is 4.34. The highest BCUT2D eigenvalue weighted by Crippen LogP contribution is 2.07. The summed E-state index contributed by atoms with van der Waals surface area (Å²) in [5, 5.41) is 0. The first kappa shape index (κ1) is 13.5. The van der Waals surface area contributed by atoms with Gasteiger partial charge < -0.3 is 4.74 Å². The second-order valence-electron chi connectivity index (χ2n) is 3.95. The molecule has 0 spiro atoms. The number of carbonyl (C=O) groups excluding carboxylic acids is 1. The molecule has 19 heavy (non-hydrogen) atoms. The van der Waals surface area contributed by atoms with Crippen LogP contribution in [0.1, 0.15) is 5.56 Å². The lowest BCUT2D eigenvalue weighted by atomic mass is 10.2. The summed E-state index contributed by atoms with van der Waals surface area (Å²) in [6, 6.07) is 18.3. The van der Waals surface area contributed by atoms with Gasteiger partial charge in [-0.1, -0.05) is 48.5 Å². The third-order valence-electron chi connectivity index (χ3n) is 2.50. The van der Waals surface area contributed by atoms with Gasteiger partial charge in [0.2, 0.25) is 0 Å². The van der Waals surface area contributed by atoms with Crippen LogP contribution in [0.25, 0.3) is 0 Å². The molecule has 0 N–H and O–H groups in total. The Hall–Kier alpha value is -1.94. The van der Waals surface area contributed by atoms with E-state index in [4.69, 9.17) is 4.74 Å². The largest absolute Gasteiger partial charge is 0.460 e. The summed E-state index contributed by atoms with van der Waals surface area (Å²) >= 11 is 0. The van der Waals surface area contributed by atoms with Crippen molar-refractivity contribution in [3.8, 4) is 0 Å². The van der Waals surface area contributed by atoms with Gasteiger partial charge in [-0.2, -0.15) is 0 Å². The zero-order valence-corrected chi connectivity index (χ0v) is 11.1. The van der Waals surface area contributed by atoms with Crippen molar-refractivity contribution in [3.05, 3.63) is 66.2 Å². The molecule has 0 aromatic heterocycles. The Balaban J connectivity index is 1.83. The van der Waals surface area contributed by atoms with Gasteiger partial charge in [-0.05, 0) is 17.7 Å². The highest BCUT2D eigenvalue weighted by atomic mass is 32.2. The van der Waals surface area contributed by atoms with Gasteiger partial charge >= 0.3 is 5.97 Å². The van der Waals surface area contributed by atoms with Crippen LogP contribution in [0.15, 0.2) is 65.6 Å². The van der Waals surface area contributed by atoms with E-state index in [1.165, 1.54) is 0 Å². The van der Waals surface area contributed by atoms with Gasteiger partial charge in [0, 0.05) is 4.90 Å². The summed E-state index contributed by atoms with van der Waals surface area (Å²) in [6.45, 7) is 0.214. The molecule has 0 saturated carbocycles. The molecule has 0 aliphatic heterocycles. The summed E-state index contributed by atoms with van der Waals surface area (Å²) in [7, 11) is -1.35. The topological polar surface area (TPSA) is 43.4 Å². The Labute approximate surface area is 114 Å². The van der Waals surface area contributed by atoms with Crippen LogP contribution in [-0.4, -0.2) is 15.9 Å². The van der Waals surface area contributed by atoms with Crippen LogP contribution in [0.5, 0.6) is 0 Å². The van der Waals surface area contributed by atoms with E-state index in [9.17, 15) is 9.00 Å². The fourth-order valence-electron chi connectivity index (χ4n) is 1.54. The predicted octanol–water partition coefficient (Wildman–Crippen LogP) is 2.54. The molecule has 0 fully saturated rings. The van der Waals surface area contributed by atoms with Gasteiger partial charge in [-0.3, -0.25) is 9.00 Å². The average Bonchev–Trinajstić information content (AvgIpc) is 2.47. The van der Waals surface area contributed by atoms with Crippen molar-refractivity contribution in [1.82, 2.24) is 0 Å². The highest BCUT2D eigenvalue weighted by Gasteiger charge is 2.11. The molecular formula is C15H14O3S. The molecule has 0 saturated heterocycles. The second-order valence-corrected chi connectivity index (χ2v) is 5.40. The fraction of sp³-hybridized carbons (Fsp3) is 0.133. The van der Waals surface area contributed by atoms with Crippen LogP contribution in [-0.2, 0) is 26.9 Å². The van der Waals surface area contributed by atoms with E-state index in [1.807, 2.05) is 36.4 Å². The first-order valence-electron chi connectivity index (χ1n) is 5.88. The minimum Gasteiger partial charge on any atom is -0.460 e. The first-order valence-corrected chi connectivity index (χ1v) is 7.20. The van der Waals surface area contributed by atoms with Crippen LogP contribution >= 0.6 is 0 Å². The molecule has 2 aromatic rings. The van der Waals surface area contributed by atoms with E-state index in [0.717, 1.165) is 5.56 Å². The zero-order valence-electron chi connectivity index (χ0n) is 10.3. The van der Waals surface area contributed by atoms with Gasteiger partial charge in [0.25, 0.3) is 0 Å². The Bertz CT molecular complexity index is 552. The van der Waals surface area contributed by atoms with Gasteiger partial charge in [0.05, 0.1) is 10.8 Å². The Morgan fingerprint density at radius 1 is 0.947 bits per heavy atom. The predicted molar refractivity (Wildman–Crippen MR) is 74.0 cm³/mol. The van der Waals surface area contributed by atoms with Crippen molar-refractivity contribution in [2.75, 3.05) is 5.75 Å². The number of carbonyl (C=O) groups is 1. The maximum atomic E-state index is 11.9. The minimum atomic E-state index is -1.35. The summed E-state index contributed by atoms with van der Waals surface area (Å²) < 4.78 is 17.0. The van der Waals surface area contributed by atoms with Crippen molar-refractivity contribution < 1.29 is 13.7 Å². The summed E-state index contributed by atoms with van der Waals surface area (Å²) in [5.41, 5.74) is 0.918. The first-order chi connectivity index (χ1) is 9.25. The highest BCUT2D eigenvalue weighted by molar-refractivity contribution is 7.85. The summed E-state index contributed by atoms with van der Waals surface area (Å²) in [4.78, 5) is 12.2. The van der Waals surface area contributed by atoms with Crippen LogP contribution in [0.3, 0.4) is 0 Å². The molecule has 0 radical (unpaired) electrons. The van der Waals surface area contributed by atoms with E-state index < -0.39 is 16.8 Å². The summed E-state index contributed by atoms with van der Waals surface area (Å²) in [5.74, 6) is -0.567. The monoisotopic (exact) mass is 274 g/mol. The quantitative estimate of drug-likeness (QED) is 0.787. The number of hydrogen-bond acceptors (Lipinski definition) is 3.